The summed E-state index contributed by atoms with van der Waals surface area (Å²) in [6.45, 7) is 1.62. The molecule has 0 amide bonds. The molecule has 10 heteroatoms. The Morgan fingerprint density at radius 2 is 2.05 bits per heavy atom. The van der Waals surface area contributed by atoms with Gasteiger partial charge in [-0.05, 0) is 36.4 Å². The number of primary sulfonamides is 1. The minimum absolute atomic E-state index is 0.0412. The van der Waals surface area contributed by atoms with E-state index in [9.17, 15) is 13.2 Å². The number of hydrogen-bond donors (Lipinski definition) is 3. The van der Waals surface area contributed by atoms with Gasteiger partial charge >= 0.3 is 5.69 Å². The molecule has 0 bridgehead atoms. The normalized spacial score (nSPS) is 11.8. The number of benzene rings is 1. The lowest BCUT2D eigenvalue weighted by molar-refractivity contribution is 0.597. The monoisotopic (exact) mass is 315 g/mol. The van der Waals surface area contributed by atoms with Crippen LogP contribution in [0.5, 0.6) is 0 Å². The zero-order valence-corrected chi connectivity index (χ0v) is 12.4. The first-order valence-electron chi connectivity index (χ1n) is 5.42. The van der Waals surface area contributed by atoms with Crippen LogP contribution < -0.4 is 16.6 Å². The Bertz CT molecular complexity index is 822. The van der Waals surface area contributed by atoms with Gasteiger partial charge in [0, 0.05) is 17.6 Å². The first-order valence-corrected chi connectivity index (χ1v) is 7.78. The summed E-state index contributed by atoms with van der Waals surface area (Å²) in [7, 11) is -2.31. The fraction of sp³-hybridized carbons (Fsp3) is 0.200. The van der Waals surface area contributed by atoms with Crippen LogP contribution in [0.25, 0.3) is 0 Å². The van der Waals surface area contributed by atoms with Gasteiger partial charge in [-0.2, -0.15) is 0 Å². The van der Waals surface area contributed by atoms with Crippen molar-refractivity contribution in [2.45, 2.75) is 21.9 Å². The molecule has 0 fully saturated rings. The molecule has 1 heterocycles. The van der Waals surface area contributed by atoms with Gasteiger partial charge in [0.15, 0.2) is 5.16 Å². The number of nitrogens with zero attached hydrogens (tertiary/aromatic N) is 2. The molecule has 20 heavy (non-hydrogen) atoms. The summed E-state index contributed by atoms with van der Waals surface area (Å²) in [4.78, 5) is 11.8. The van der Waals surface area contributed by atoms with Crippen molar-refractivity contribution in [2.24, 2.45) is 12.2 Å². The van der Waals surface area contributed by atoms with Gasteiger partial charge in [-0.3, -0.25) is 4.57 Å². The average molecular weight is 315 g/mol. The second kappa shape index (κ2) is 4.96. The maximum absolute atomic E-state index is 11.5. The predicted octanol–water partition coefficient (Wildman–Crippen LogP) is -0.202. The molecule has 1 aromatic carbocycles. The van der Waals surface area contributed by atoms with Crippen LogP contribution in [0.2, 0.25) is 0 Å². The van der Waals surface area contributed by atoms with Gasteiger partial charge in [0.05, 0.1) is 4.90 Å². The van der Waals surface area contributed by atoms with Crippen LogP contribution in [0.3, 0.4) is 0 Å². The number of nitrogen functional groups attached to an aromatic ring is 1. The van der Waals surface area contributed by atoms with Crippen molar-refractivity contribution in [1.29, 1.82) is 0 Å². The van der Waals surface area contributed by atoms with Crippen molar-refractivity contribution in [3.8, 4) is 0 Å². The van der Waals surface area contributed by atoms with E-state index in [2.05, 4.69) is 10.2 Å². The molecular formula is C10H13N5O3S2. The van der Waals surface area contributed by atoms with E-state index in [1.807, 2.05) is 0 Å². The number of sulfonamides is 1. The number of rotatable bonds is 3. The summed E-state index contributed by atoms with van der Waals surface area (Å²) in [5, 5.41) is 11.7. The molecule has 0 spiro atoms. The fourth-order valence-corrected chi connectivity index (χ4v) is 3.47. The Morgan fingerprint density at radius 3 is 2.55 bits per heavy atom. The largest absolute Gasteiger partial charge is 0.399 e. The van der Waals surface area contributed by atoms with E-state index in [4.69, 9.17) is 10.9 Å². The molecule has 1 aromatic heterocycles. The number of aromatic amines is 1. The molecule has 0 aliphatic carbocycles. The quantitative estimate of drug-likeness (QED) is 0.671. The minimum Gasteiger partial charge on any atom is -0.399 e. The number of aromatic nitrogens is 3. The van der Waals surface area contributed by atoms with Crippen LogP contribution in [-0.2, 0) is 17.1 Å². The zero-order chi connectivity index (χ0) is 15.1. The Kier molecular flexibility index (Phi) is 3.63. The fourth-order valence-electron chi connectivity index (χ4n) is 1.61. The first kappa shape index (κ1) is 14.6. The SMILES string of the molecule is Cc1c(Sc2n[nH]c(=O)n2C)cc(N)cc1S(N)(=O)=O. The van der Waals surface area contributed by atoms with E-state index in [-0.39, 0.29) is 16.3 Å². The van der Waals surface area contributed by atoms with E-state index in [0.717, 1.165) is 11.8 Å². The number of nitrogens with two attached hydrogens (primary N) is 2. The first-order chi connectivity index (χ1) is 9.20. The van der Waals surface area contributed by atoms with Gasteiger partial charge < -0.3 is 5.73 Å². The van der Waals surface area contributed by atoms with Gasteiger partial charge in [0.1, 0.15) is 0 Å². The molecular weight excluding hydrogens is 302 g/mol. The topological polar surface area (TPSA) is 137 Å². The molecule has 8 nitrogen and oxygen atoms in total. The van der Waals surface area contributed by atoms with E-state index in [0.29, 0.717) is 15.6 Å². The Hall–Kier alpha value is -1.78. The molecule has 2 aromatic rings. The van der Waals surface area contributed by atoms with E-state index in [1.54, 1.807) is 20.0 Å². The average Bonchev–Trinajstić information content (AvgIpc) is 2.64. The molecule has 0 atom stereocenters. The van der Waals surface area contributed by atoms with E-state index in [1.165, 1.54) is 10.6 Å². The van der Waals surface area contributed by atoms with Crippen molar-refractivity contribution in [3.63, 3.8) is 0 Å². The summed E-state index contributed by atoms with van der Waals surface area (Å²) in [6.07, 6.45) is 0. The number of nitrogens with one attached hydrogen (secondary N) is 1. The van der Waals surface area contributed by atoms with Crippen LogP contribution in [0.4, 0.5) is 5.69 Å². The standard InChI is InChI=1S/C10H13N5O3S2/c1-5-7(19-10-14-13-9(16)15(10)2)3-6(11)4-8(5)20(12,17)18/h3-4H,11H2,1-2H3,(H,13,16)(H2,12,17,18). The third-order valence-electron chi connectivity index (χ3n) is 2.68. The Balaban J connectivity index is 2.56. The third kappa shape index (κ3) is 2.71. The second-order valence-corrected chi connectivity index (χ2v) is 6.70. The molecule has 0 aliphatic rings. The molecule has 0 unspecified atom stereocenters. The zero-order valence-electron chi connectivity index (χ0n) is 10.7. The summed E-state index contributed by atoms with van der Waals surface area (Å²) < 4.78 is 24.3. The summed E-state index contributed by atoms with van der Waals surface area (Å²) in [5.41, 5.74) is 6.06. The van der Waals surface area contributed by atoms with Crippen molar-refractivity contribution >= 4 is 27.5 Å². The van der Waals surface area contributed by atoms with Crippen LogP contribution in [0.15, 0.2) is 31.9 Å². The third-order valence-corrected chi connectivity index (χ3v) is 4.91. The summed E-state index contributed by atoms with van der Waals surface area (Å²) in [5.74, 6) is 0. The Labute approximate surface area is 119 Å². The van der Waals surface area contributed by atoms with Crippen molar-refractivity contribution in [2.75, 3.05) is 5.73 Å². The molecule has 0 radical (unpaired) electrons. The maximum Gasteiger partial charge on any atom is 0.343 e. The molecule has 2 rings (SSSR count). The lowest BCUT2D eigenvalue weighted by Crippen LogP contribution is -2.15. The highest BCUT2D eigenvalue weighted by atomic mass is 32.2. The number of anilines is 1. The summed E-state index contributed by atoms with van der Waals surface area (Å²) >= 11 is 1.13. The highest BCUT2D eigenvalue weighted by Gasteiger charge is 2.17. The minimum atomic E-state index is -3.87. The van der Waals surface area contributed by atoms with Crippen molar-refractivity contribution in [3.05, 3.63) is 28.2 Å². The predicted molar refractivity (Wildman–Crippen MR) is 74.9 cm³/mol. The van der Waals surface area contributed by atoms with Crippen LogP contribution in [0, 0.1) is 6.92 Å². The molecule has 0 saturated heterocycles. The second-order valence-electron chi connectivity index (χ2n) is 4.16. The highest BCUT2D eigenvalue weighted by molar-refractivity contribution is 7.99. The molecule has 5 N–H and O–H groups in total. The lowest BCUT2D eigenvalue weighted by Gasteiger charge is -2.10. The molecule has 0 saturated carbocycles. The van der Waals surface area contributed by atoms with Gasteiger partial charge in [0.2, 0.25) is 10.0 Å². The van der Waals surface area contributed by atoms with Gasteiger partial charge in [-0.1, -0.05) is 0 Å². The van der Waals surface area contributed by atoms with E-state index >= 15 is 0 Å². The van der Waals surface area contributed by atoms with Gasteiger partial charge in [0.25, 0.3) is 0 Å². The van der Waals surface area contributed by atoms with Crippen LogP contribution in [-0.4, -0.2) is 23.2 Å². The Morgan fingerprint density at radius 1 is 1.40 bits per heavy atom. The molecule has 0 aliphatic heterocycles. The van der Waals surface area contributed by atoms with Gasteiger partial charge in [-0.15, -0.1) is 5.10 Å². The lowest BCUT2D eigenvalue weighted by atomic mass is 10.2. The van der Waals surface area contributed by atoms with Crippen molar-refractivity contribution < 1.29 is 8.42 Å². The molecule has 108 valence electrons. The maximum atomic E-state index is 11.5. The van der Waals surface area contributed by atoms with Crippen LogP contribution >= 0.6 is 11.8 Å². The van der Waals surface area contributed by atoms with E-state index < -0.39 is 10.0 Å². The summed E-state index contributed by atoms with van der Waals surface area (Å²) in [6, 6.07) is 2.91. The van der Waals surface area contributed by atoms with Crippen molar-refractivity contribution in [1.82, 2.24) is 14.8 Å². The number of hydrogen-bond acceptors (Lipinski definition) is 6. The van der Waals surface area contributed by atoms with Crippen LogP contribution in [0.1, 0.15) is 5.56 Å². The number of H-pyrrole nitrogens is 1. The van der Waals surface area contributed by atoms with Gasteiger partial charge in [-0.25, -0.2) is 23.4 Å². The highest BCUT2D eigenvalue weighted by Crippen LogP contribution is 2.33. The smallest absolute Gasteiger partial charge is 0.343 e.